The molecule has 1 amide bonds. The van der Waals surface area contributed by atoms with Crippen molar-refractivity contribution in [2.75, 3.05) is 0 Å². The molecule has 106 valence electrons. The van der Waals surface area contributed by atoms with Crippen LogP contribution >= 0.6 is 12.6 Å². The van der Waals surface area contributed by atoms with Crippen LogP contribution in [-0.4, -0.2) is 41.5 Å². The first-order valence-electron chi connectivity index (χ1n) is 4.22. The number of thiol groups is 1. The second kappa shape index (κ2) is 5.75. The zero-order valence-electron chi connectivity index (χ0n) is 8.60. The molecule has 0 radical (unpaired) electrons. The molecular weight excluding hydrogens is 299 g/mol. The van der Waals surface area contributed by atoms with Crippen molar-refractivity contribution in [2.24, 2.45) is 5.73 Å². The van der Waals surface area contributed by atoms with E-state index < -0.39 is 27.6 Å². The lowest BCUT2D eigenvalue weighted by Gasteiger charge is -2.02. The highest BCUT2D eigenvalue weighted by atomic mass is 32.2. The third kappa shape index (κ3) is 5.10. The average molecular weight is 309 g/mol. The lowest BCUT2D eigenvalue weighted by molar-refractivity contribution is -0.119. The Hall–Kier alpha value is -1.01. The fourth-order valence-electron chi connectivity index (χ4n) is 0.871. The van der Waals surface area contributed by atoms with Gasteiger partial charge in [-0.25, -0.2) is 0 Å². The fraction of sp³-hybridized carbons (Fsp3) is 0.667. The Balaban J connectivity index is 0.000000331. The third-order valence-electron chi connectivity index (χ3n) is 1.76. The van der Waals surface area contributed by atoms with Crippen LogP contribution in [0.15, 0.2) is 0 Å². The number of amides is 1. The van der Waals surface area contributed by atoms with Crippen LogP contribution in [0.4, 0.5) is 13.2 Å². The topological polar surface area (TPSA) is 133 Å². The predicted octanol–water partition coefficient (Wildman–Crippen LogP) is -0.497. The van der Waals surface area contributed by atoms with Gasteiger partial charge in [0.25, 0.3) is 0 Å². The highest BCUT2D eigenvalue weighted by Crippen LogP contribution is 2.20. The largest absolute Gasteiger partial charge is 0.522 e. The molecule has 12 heteroatoms. The van der Waals surface area contributed by atoms with Gasteiger partial charge in [-0.05, 0) is 6.42 Å². The van der Waals surface area contributed by atoms with Gasteiger partial charge in [-0.3, -0.25) is 14.8 Å². The van der Waals surface area contributed by atoms with E-state index in [1.54, 1.807) is 0 Å². The minimum Gasteiger partial charge on any atom is -0.368 e. The van der Waals surface area contributed by atoms with Gasteiger partial charge in [-0.1, -0.05) is 0 Å². The van der Waals surface area contributed by atoms with Crippen molar-refractivity contribution >= 4 is 34.5 Å². The zero-order chi connectivity index (χ0) is 14.7. The normalized spacial score (nSPS) is 23.9. The molecular formula is C6H10F3N3O4S2. The van der Waals surface area contributed by atoms with Crippen LogP contribution in [-0.2, 0) is 14.9 Å². The Labute approximate surface area is 106 Å². The minimum atomic E-state index is -5.84. The number of nitrogens with two attached hydrogens (primary N) is 1. The first kappa shape index (κ1) is 17.0. The lowest BCUT2D eigenvalue weighted by Crippen LogP contribution is -2.37. The standard InChI is InChI=1S/C5H9N3OS.CHF3O3S/c6-4-3(10)1-2(8-4)5(7)9;2-1(3,4)8(5,6)7/h2-3,10H,1H2,(H2,6,8)(H2,7,9);(H,5,6,7)/t2-,3?;/m0./s1. The van der Waals surface area contributed by atoms with Crippen molar-refractivity contribution in [3.63, 3.8) is 0 Å². The Kier molecular flexibility index (Phi) is 5.43. The maximum atomic E-state index is 10.7. The second-order valence-electron chi connectivity index (χ2n) is 3.19. The highest BCUT2D eigenvalue weighted by molar-refractivity contribution is 7.86. The molecule has 1 rings (SSSR count). The maximum Gasteiger partial charge on any atom is 0.522 e. The first-order valence-corrected chi connectivity index (χ1v) is 6.18. The van der Waals surface area contributed by atoms with Crippen molar-refractivity contribution in [2.45, 2.75) is 23.2 Å². The van der Waals surface area contributed by atoms with E-state index in [9.17, 15) is 18.0 Å². The summed E-state index contributed by atoms with van der Waals surface area (Å²) in [6, 6.07) is -0.394. The van der Waals surface area contributed by atoms with Gasteiger partial charge in [0.05, 0.1) is 5.25 Å². The Morgan fingerprint density at radius 2 is 1.94 bits per heavy atom. The van der Waals surface area contributed by atoms with Crippen LogP contribution in [0, 0.1) is 5.41 Å². The molecule has 0 aromatic heterocycles. The van der Waals surface area contributed by atoms with E-state index in [2.05, 4.69) is 17.9 Å². The smallest absolute Gasteiger partial charge is 0.368 e. The van der Waals surface area contributed by atoms with Gasteiger partial charge in [-0.15, -0.1) is 0 Å². The van der Waals surface area contributed by atoms with Crippen molar-refractivity contribution in [3.8, 4) is 0 Å². The first-order chi connectivity index (χ1) is 7.86. The van der Waals surface area contributed by atoms with Crippen LogP contribution < -0.4 is 11.1 Å². The number of amidine groups is 1. The monoisotopic (exact) mass is 309 g/mol. The summed E-state index contributed by atoms with van der Waals surface area (Å²) in [5.41, 5.74) is -0.545. The minimum absolute atomic E-state index is 0.155. The van der Waals surface area contributed by atoms with Crippen LogP contribution in [0.2, 0.25) is 0 Å². The van der Waals surface area contributed by atoms with E-state index in [1.165, 1.54) is 0 Å². The molecule has 1 heterocycles. The van der Waals surface area contributed by atoms with E-state index >= 15 is 0 Å². The highest BCUT2D eigenvalue weighted by Gasteiger charge is 2.44. The quantitative estimate of drug-likeness (QED) is 0.253. The molecule has 1 unspecified atom stereocenters. The van der Waals surface area contributed by atoms with Gasteiger partial charge in [-0.2, -0.15) is 34.2 Å². The molecule has 5 N–H and O–H groups in total. The van der Waals surface area contributed by atoms with Gasteiger partial charge in [0.1, 0.15) is 11.9 Å². The van der Waals surface area contributed by atoms with Crippen molar-refractivity contribution in [3.05, 3.63) is 0 Å². The summed E-state index contributed by atoms with van der Waals surface area (Å²) in [5.74, 6) is -0.131. The molecule has 18 heavy (non-hydrogen) atoms. The number of primary amides is 1. The van der Waals surface area contributed by atoms with Gasteiger partial charge >= 0.3 is 15.6 Å². The molecule has 0 aromatic carbocycles. The molecule has 0 saturated carbocycles. The molecule has 1 saturated heterocycles. The number of carbonyl (C=O) groups excluding carboxylic acids is 1. The summed E-state index contributed by atoms with van der Waals surface area (Å²) in [6.07, 6.45) is 0.525. The molecule has 0 aromatic rings. The molecule has 7 nitrogen and oxygen atoms in total. The SMILES string of the molecule is N=C1N[C@H](C(N)=O)CC1S.O=S(=O)(O)C(F)(F)F. The molecule has 2 atom stereocenters. The Bertz CT molecular complexity index is 436. The van der Waals surface area contributed by atoms with Crippen LogP contribution in [0.1, 0.15) is 6.42 Å². The number of hydrogen-bond acceptors (Lipinski definition) is 5. The molecule has 1 fully saturated rings. The van der Waals surface area contributed by atoms with Gasteiger partial charge in [0, 0.05) is 0 Å². The van der Waals surface area contributed by atoms with E-state index in [-0.39, 0.29) is 11.1 Å². The number of carbonyl (C=O) groups is 1. The second-order valence-corrected chi connectivity index (χ2v) is 5.22. The number of halogens is 3. The fourth-order valence-corrected chi connectivity index (χ4v) is 1.16. The number of rotatable bonds is 1. The van der Waals surface area contributed by atoms with Crippen LogP contribution in [0.3, 0.4) is 0 Å². The van der Waals surface area contributed by atoms with Gasteiger partial charge in [0.2, 0.25) is 5.91 Å². The van der Waals surface area contributed by atoms with Crippen molar-refractivity contribution in [1.82, 2.24) is 5.32 Å². The summed E-state index contributed by atoms with van der Waals surface area (Å²) in [7, 11) is -5.84. The van der Waals surface area contributed by atoms with Crippen molar-refractivity contribution in [1.29, 1.82) is 5.41 Å². The van der Waals surface area contributed by atoms with Crippen molar-refractivity contribution < 1.29 is 30.9 Å². The Morgan fingerprint density at radius 3 is 2.06 bits per heavy atom. The molecule has 0 bridgehead atoms. The number of alkyl halides is 3. The summed E-state index contributed by atoms with van der Waals surface area (Å²) < 4.78 is 57.5. The maximum absolute atomic E-state index is 10.7. The van der Waals surface area contributed by atoms with E-state index in [0.29, 0.717) is 6.42 Å². The van der Waals surface area contributed by atoms with Gasteiger partial charge < -0.3 is 11.1 Å². The summed E-state index contributed by atoms with van der Waals surface area (Å²) in [6.45, 7) is 0. The number of hydrogen-bond donors (Lipinski definition) is 5. The van der Waals surface area contributed by atoms with Crippen LogP contribution in [0.25, 0.3) is 0 Å². The molecule has 1 aliphatic heterocycles. The Morgan fingerprint density at radius 1 is 1.56 bits per heavy atom. The summed E-state index contributed by atoms with van der Waals surface area (Å²) in [4.78, 5) is 10.5. The molecule has 1 aliphatic rings. The zero-order valence-corrected chi connectivity index (χ0v) is 10.3. The molecule has 0 aliphatic carbocycles. The molecule has 0 spiro atoms. The van der Waals surface area contributed by atoms with Crippen LogP contribution in [0.5, 0.6) is 0 Å². The third-order valence-corrected chi connectivity index (χ3v) is 2.81. The predicted molar refractivity (Wildman–Crippen MR) is 58.8 cm³/mol. The lowest BCUT2D eigenvalue weighted by atomic mass is 10.2. The summed E-state index contributed by atoms with van der Waals surface area (Å²) >= 11 is 4.05. The van der Waals surface area contributed by atoms with Gasteiger partial charge in [0.15, 0.2) is 0 Å². The van der Waals surface area contributed by atoms with E-state index in [0.717, 1.165) is 0 Å². The van der Waals surface area contributed by atoms with E-state index in [4.69, 9.17) is 24.1 Å². The van der Waals surface area contributed by atoms with E-state index in [1.807, 2.05) is 0 Å². The average Bonchev–Trinajstić information content (AvgIpc) is 2.44. The number of nitrogens with one attached hydrogen (secondary N) is 2. The summed E-state index contributed by atoms with van der Waals surface area (Å²) in [5, 5.41) is 9.66.